The van der Waals surface area contributed by atoms with E-state index in [9.17, 15) is 18.0 Å². The molecule has 116 valence electrons. The highest BCUT2D eigenvalue weighted by Gasteiger charge is 2.34. The van der Waals surface area contributed by atoms with E-state index >= 15 is 0 Å². The number of thioether (sulfide) groups is 1. The molecule has 0 atom stereocenters. The van der Waals surface area contributed by atoms with Crippen molar-refractivity contribution in [3.63, 3.8) is 0 Å². The van der Waals surface area contributed by atoms with Gasteiger partial charge >= 0.3 is 6.18 Å². The summed E-state index contributed by atoms with van der Waals surface area (Å²) >= 11 is 1.46. The van der Waals surface area contributed by atoms with Crippen LogP contribution in [0.25, 0.3) is 0 Å². The Bertz CT molecular complexity index is 547. The Morgan fingerprint density at radius 2 is 2.14 bits per heavy atom. The summed E-state index contributed by atoms with van der Waals surface area (Å²) in [5.41, 5.74) is 3.69. The van der Waals surface area contributed by atoms with Crippen LogP contribution in [-0.4, -0.2) is 29.0 Å². The smallest absolute Gasteiger partial charge is 0.409 e. The summed E-state index contributed by atoms with van der Waals surface area (Å²) in [6, 6.07) is 3.06. The van der Waals surface area contributed by atoms with Gasteiger partial charge in [0.1, 0.15) is 0 Å². The predicted molar refractivity (Wildman–Crippen MR) is 75.6 cm³/mol. The normalized spacial score (nSPS) is 12.3. The van der Waals surface area contributed by atoms with Crippen LogP contribution in [0.1, 0.15) is 17.5 Å². The number of carbonyl (C=O) groups is 1. The molecule has 0 saturated heterocycles. The first-order valence-electron chi connectivity index (χ1n) is 5.77. The van der Waals surface area contributed by atoms with E-state index in [2.05, 4.69) is 10.5 Å². The van der Waals surface area contributed by atoms with Crippen molar-refractivity contribution in [2.24, 2.45) is 10.9 Å². The van der Waals surface area contributed by atoms with E-state index in [1.807, 2.05) is 6.26 Å². The highest BCUT2D eigenvalue weighted by atomic mass is 32.2. The average molecular weight is 321 g/mol. The van der Waals surface area contributed by atoms with Gasteiger partial charge < -0.3 is 16.3 Å². The molecule has 0 aliphatic rings. The number of nitrogens with two attached hydrogens (primary N) is 1. The molecule has 0 radical (unpaired) electrons. The van der Waals surface area contributed by atoms with Crippen molar-refractivity contribution in [1.82, 2.24) is 0 Å². The molecule has 1 amide bonds. The lowest BCUT2D eigenvalue weighted by Crippen LogP contribution is -2.21. The number of nitrogens with one attached hydrogen (secondary N) is 1. The maximum absolute atomic E-state index is 13.0. The number of amidine groups is 1. The van der Waals surface area contributed by atoms with Crippen molar-refractivity contribution in [2.45, 2.75) is 12.6 Å². The lowest BCUT2D eigenvalue weighted by Gasteiger charge is -2.14. The van der Waals surface area contributed by atoms with Gasteiger partial charge in [-0.1, -0.05) is 5.16 Å². The SMILES string of the molecule is CSCCC(=O)Nc1ccc(C(N)=NO)c(C(F)(F)F)c1. The van der Waals surface area contributed by atoms with Crippen molar-refractivity contribution in [2.75, 3.05) is 17.3 Å². The van der Waals surface area contributed by atoms with Gasteiger partial charge in [-0.15, -0.1) is 0 Å². The highest BCUT2D eigenvalue weighted by Crippen LogP contribution is 2.33. The lowest BCUT2D eigenvalue weighted by atomic mass is 10.0. The van der Waals surface area contributed by atoms with Gasteiger partial charge in [0.05, 0.1) is 5.56 Å². The van der Waals surface area contributed by atoms with Crippen molar-refractivity contribution in [3.8, 4) is 0 Å². The van der Waals surface area contributed by atoms with Crippen LogP contribution in [0, 0.1) is 0 Å². The molecular weight excluding hydrogens is 307 g/mol. The Balaban J connectivity index is 3.08. The van der Waals surface area contributed by atoms with E-state index in [1.54, 1.807) is 0 Å². The van der Waals surface area contributed by atoms with Crippen LogP contribution in [0.5, 0.6) is 0 Å². The maximum atomic E-state index is 13.0. The topological polar surface area (TPSA) is 87.7 Å². The van der Waals surface area contributed by atoms with E-state index < -0.39 is 23.1 Å². The van der Waals surface area contributed by atoms with Gasteiger partial charge in [-0.3, -0.25) is 4.79 Å². The van der Waals surface area contributed by atoms with Gasteiger partial charge in [0.15, 0.2) is 5.84 Å². The van der Waals surface area contributed by atoms with E-state index in [1.165, 1.54) is 17.8 Å². The molecule has 9 heteroatoms. The van der Waals surface area contributed by atoms with Crippen molar-refractivity contribution >= 4 is 29.2 Å². The zero-order valence-electron chi connectivity index (χ0n) is 11.1. The number of anilines is 1. The summed E-state index contributed by atoms with van der Waals surface area (Å²) < 4.78 is 38.9. The first-order valence-corrected chi connectivity index (χ1v) is 7.17. The van der Waals surface area contributed by atoms with Crippen LogP contribution in [0.15, 0.2) is 23.4 Å². The zero-order chi connectivity index (χ0) is 16.0. The Morgan fingerprint density at radius 3 is 2.67 bits per heavy atom. The first kappa shape index (κ1) is 17.2. The number of halogens is 3. The lowest BCUT2D eigenvalue weighted by molar-refractivity contribution is -0.137. The third kappa shape index (κ3) is 4.85. The molecular formula is C12H14F3N3O2S. The van der Waals surface area contributed by atoms with Crippen molar-refractivity contribution in [3.05, 3.63) is 29.3 Å². The number of rotatable bonds is 5. The second-order valence-electron chi connectivity index (χ2n) is 4.03. The largest absolute Gasteiger partial charge is 0.417 e. The molecule has 0 saturated carbocycles. The van der Waals surface area contributed by atoms with E-state index in [0.29, 0.717) is 5.75 Å². The maximum Gasteiger partial charge on any atom is 0.417 e. The van der Waals surface area contributed by atoms with Crippen LogP contribution in [-0.2, 0) is 11.0 Å². The molecule has 0 heterocycles. The molecule has 0 bridgehead atoms. The number of alkyl halides is 3. The van der Waals surface area contributed by atoms with Crippen LogP contribution in [0.2, 0.25) is 0 Å². The third-order valence-electron chi connectivity index (χ3n) is 2.53. The Morgan fingerprint density at radius 1 is 1.48 bits per heavy atom. The number of hydrogen-bond acceptors (Lipinski definition) is 4. The number of amides is 1. The second-order valence-corrected chi connectivity index (χ2v) is 5.02. The summed E-state index contributed by atoms with van der Waals surface area (Å²) in [7, 11) is 0. The van der Waals surface area contributed by atoms with Gasteiger partial charge in [-0.05, 0) is 24.5 Å². The summed E-state index contributed by atoms with van der Waals surface area (Å²) in [4.78, 5) is 11.5. The number of oxime groups is 1. The van der Waals surface area contributed by atoms with E-state index in [0.717, 1.165) is 12.1 Å². The van der Waals surface area contributed by atoms with Gasteiger partial charge in [0.25, 0.3) is 0 Å². The minimum atomic E-state index is -4.69. The fourth-order valence-electron chi connectivity index (χ4n) is 1.55. The minimum absolute atomic E-state index is 0.00270. The summed E-state index contributed by atoms with van der Waals surface area (Å²) in [6.45, 7) is 0. The van der Waals surface area contributed by atoms with Crippen LogP contribution in [0.3, 0.4) is 0 Å². The third-order valence-corrected chi connectivity index (χ3v) is 3.14. The van der Waals surface area contributed by atoms with E-state index in [-0.39, 0.29) is 18.0 Å². The van der Waals surface area contributed by atoms with Crippen LogP contribution < -0.4 is 11.1 Å². The van der Waals surface area contributed by atoms with E-state index in [4.69, 9.17) is 10.9 Å². The molecule has 0 spiro atoms. The molecule has 1 aromatic carbocycles. The molecule has 0 unspecified atom stereocenters. The van der Waals surface area contributed by atoms with Gasteiger partial charge in [-0.25, -0.2) is 0 Å². The molecule has 1 rings (SSSR count). The summed E-state index contributed by atoms with van der Waals surface area (Å²) in [5, 5.41) is 13.5. The monoisotopic (exact) mass is 321 g/mol. The van der Waals surface area contributed by atoms with Crippen molar-refractivity contribution < 1.29 is 23.2 Å². The second kappa shape index (κ2) is 7.21. The summed E-state index contributed by atoms with van der Waals surface area (Å²) in [6.07, 6.45) is -2.67. The standard InChI is InChI=1S/C12H14F3N3O2S/c1-21-5-4-10(19)17-7-2-3-8(11(16)18-20)9(6-7)12(13,14)15/h2-3,6,20H,4-5H2,1H3,(H2,16,18)(H,17,19). The van der Waals surface area contributed by atoms with Gasteiger partial charge in [0, 0.05) is 23.4 Å². The van der Waals surface area contributed by atoms with Gasteiger partial charge in [-0.2, -0.15) is 24.9 Å². The molecule has 0 aromatic heterocycles. The Hall–Kier alpha value is -1.90. The molecule has 0 aliphatic carbocycles. The Kier molecular flexibility index (Phi) is 5.89. The zero-order valence-corrected chi connectivity index (χ0v) is 11.9. The number of nitrogens with zero attached hydrogens (tertiary/aromatic N) is 1. The average Bonchev–Trinajstić information content (AvgIpc) is 2.43. The molecule has 4 N–H and O–H groups in total. The van der Waals surface area contributed by atoms with Crippen LogP contribution in [0.4, 0.5) is 18.9 Å². The number of hydrogen-bond donors (Lipinski definition) is 3. The first-order chi connectivity index (χ1) is 9.79. The molecule has 1 aromatic rings. The molecule has 5 nitrogen and oxygen atoms in total. The highest BCUT2D eigenvalue weighted by molar-refractivity contribution is 7.98. The fraction of sp³-hybridized carbons (Fsp3) is 0.333. The summed E-state index contributed by atoms with van der Waals surface area (Å²) in [5.74, 6) is -0.461. The van der Waals surface area contributed by atoms with Crippen molar-refractivity contribution in [1.29, 1.82) is 0 Å². The number of carbonyl (C=O) groups excluding carboxylic acids is 1. The quantitative estimate of drug-likeness (QED) is 0.336. The number of benzene rings is 1. The molecule has 0 fully saturated rings. The minimum Gasteiger partial charge on any atom is -0.409 e. The molecule has 0 aliphatic heterocycles. The molecule has 21 heavy (non-hydrogen) atoms. The predicted octanol–water partition coefficient (Wildman–Crippen LogP) is 2.49. The van der Waals surface area contributed by atoms with Gasteiger partial charge in [0.2, 0.25) is 5.91 Å². The fourth-order valence-corrected chi connectivity index (χ4v) is 1.94. The Labute approximate surface area is 123 Å². The van der Waals surface area contributed by atoms with Crippen LogP contribution >= 0.6 is 11.8 Å².